The van der Waals surface area contributed by atoms with Crippen molar-refractivity contribution >= 4 is 58.3 Å². The molecule has 0 spiro atoms. The second-order valence-corrected chi connectivity index (χ2v) is 5.68. The molecule has 0 saturated heterocycles. The van der Waals surface area contributed by atoms with Crippen LogP contribution in [0.3, 0.4) is 0 Å². The maximum atomic E-state index is 11.8. The SMILES string of the molecule is O=C(OOC(=O)c1ccc(Cl)cc1Cl)c1ccc(Cl)cc1Cl. The summed E-state index contributed by atoms with van der Waals surface area (Å²) in [6, 6.07) is 8.30. The van der Waals surface area contributed by atoms with Gasteiger partial charge in [0.15, 0.2) is 0 Å². The summed E-state index contributed by atoms with van der Waals surface area (Å²) >= 11 is 23.1. The van der Waals surface area contributed by atoms with Crippen LogP contribution in [0.2, 0.25) is 20.1 Å². The zero-order chi connectivity index (χ0) is 16.3. The Morgan fingerprint density at radius 2 is 1.05 bits per heavy atom. The van der Waals surface area contributed by atoms with E-state index >= 15 is 0 Å². The Morgan fingerprint density at radius 1 is 0.682 bits per heavy atom. The largest absolute Gasteiger partial charge is 0.387 e. The number of hydrogen-bond donors (Lipinski definition) is 0. The maximum absolute atomic E-state index is 11.8. The molecule has 0 atom stereocenters. The molecule has 0 unspecified atom stereocenters. The fourth-order valence-corrected chi connectivity index (χ4v) is 2.45. The van der Waals surface area contributed by atoms with Crippen molar-refractivity contribution < 1.29 is 19.4 Å². The maximum Gasteiger partial charge on any atom is 0.387 e. The second-order valence-electron chi connectivity index (χ2n) is 3.99. The van der Waals surface area contributed by atoms with E-state index in [0.717, 1.165) is 0 Å². The molecular weight excluding hydrogens is 374 g/mol. The predicted molar refractivity (Wildman–Crippen MR) is 83.8 cm³/mol. The summed E-state index contributed by atoms with van der Waals surface area (Å²) in [4.78, 5) is 32.4. The van der Waals surface area contributed by atoms with Crippen LogP contribution in [-0.4, -0.2) is 11.9 Å². The molecule has 2 aromatic carbocycles. The van der Waals surface area contributed by atoms with Crippen LogP contribution in [0.1, 0.15) is 20.7 Å². The molecule has 0 aromatic heterocycles. The Hall–Kier alpha value is -1.46. The highest BCUT2D eigenvalue weighted by Crippen LogP contribution is 2.23. The van der Waals surface area contributed by atoms with Gasteiger partial charge in [0.2, 0.25) is 0 Å². The van der Waals surface area contributed by atoms with E-state index in [4.69, 9.17) is 46.4 Å². The van der Waals surface area contributed by atoms with Gasteiger partial charge in [-0.2, -0.15) is 0 Å². The van der Waals surface area contributed by atoms with Crippen LogP contribution in [-0.2, 0) is 9.78 Å². The lowest BCUT2D eigenvalue weighted by molar-refractivity contribution is -0.187. The van der Waals surface area contributed by atoms with E-state index < -0.39 is 11.9 Å². The molecule has 2 rings (SSSR count). The fourth-order valence-electron chi connectivity index (χ4n) is 1.48. The number of benzene rings is 2. The molecule has 0 aliphatic rings. The highest BCUT2D eigenvalue weighted by molar-refractivity contribution is 6.37. The van der Waals surface area contributed by atoms with Gasteiger partial charge < -0.3 is 0 Å². The van der Waals surface area contributed by atoms with Crippen LogP contribution >= 0.6 is 46.4 Å². The third-order valence-electron chi connectivity index (χ3n) is 2.50. The van der Waals surface area contributed by atoms with Crippen molar-refractivity contribution in [2.45, 2.75) is 0 Å². The number of hydrogen-bond acceptors (Lipinski definition) is 4. The number of carbonyl (C=O) groups excluding carboxylic acids is 2. The van der Waals surface area contributed by atoms with E-state index in [-0.39, 0.29) is 21.2 Å². The number of rotatable bonds is 2. The number of halogens is 4. The summed E-state index contributed by atoms with van der Waals surface area (Å²) in [5, 5.41) is 0.842. The number of carbonyl (C=O) groups is 2. The van der Waals surface area contributed by atoms with Crippen LogP contribution in [0.5, 0.6) is 0 Å². The van der Waals surface area contributed by atoms with Gasteiger partial charge >= 0.3 is 11.9 Å². The summed E-state index contributed by atoms with van der Waals surface area (Å²) in [5.74, 6) is -1.89. The van der Waals surface area contributed by atoms with Gasteiger partial charge in [-0.1, -0.05) is 46.4 Å². The first-order valence-corrected chi connectivity index (χ1v) is 7.23. The lowest BCUT2D eigenvalue weighted by Gasteiger charge is -2.06. The zero-order valence-electron chi connectivity index (χ0n) is 10.6. The second kappa shape index (κ2) is 7.20. The lowest BCUT2D eigenvalue weighted by Crippen LogP contribution is -2.12. The standard InChI is InChI=1S/C14H6Cl4O4/c15-7-1-3-9(11(17)5-7)13(19)21-22-14(20)10-4-2-8(16)6-12(10)18/h1-6H. The van der Waals surface area contributed by atoms with E-state index in [1.807, 2.05) is 0 Å². The summed E-state index contributed by atoms with van der Waals surface area (Å²) in [7, 11) is 0. The van der Waals surface area contributed by atoms with Crippen molar-refractivity contribution in [2.75, 3.05) is 0 Å². The van der Waals surface area contributed by atoms with Crippen molar-refractivity contribution in [3.05, 3.63) is 67.6 Å². The average molecular weight is 380 g/mol. The molecule has 8 heteroatoms. The topological polar surface area (TPSA) is 52.6 Å². The van der Waals surface area contributed by atoms with Crippen molar-refractivity contribution in [2.24, 2.45) is 0 Å². The fraction of sp³-hybridized carbons (Fsp3) is 0. The quantitative estimate of drug-likeness (QED) is 0.529. The zero-order valence-corrected chi connectivity index (χ0v) is 13.6. The van der Waals surface area contributed by atoms with Gasteiger partial charge in [-0.3, -0.25) is 0 Å². The predicted octanol–water partition coefficient (Wildman–Crippen LogP) is 5.23. The average Bonchev–Trinajstić information content (AvgIpc) is 2.44. The normalized spacial score (nSPS) is 10.2. The van der Waals surface area contributed by atoms with Crippen molar-refractivity contribution in [3.63, 3.8) is 0 Å². The molecule has 22 heavy (non-hydrogen) atoms. The van der Waals surface area contributed by atoms with Gasteiger partial charge in [0.25, 0.3) is 0 Å². The van der Waals surface area contributed by atoms with Crippen LogP contribution in [0.25, 0.3) is 0 Å². The Bertz CT molecular complexity index is 682. The Morgan fingerprint density at radius 3 is 1.36 bits per heavy atom. The van der Waals surface area contributed by atoms with Gasteiger partial charge in [0.05, 0.1) is 21.2 Å². The van der Waals surface area contributed by atoms with Crippen LogP contribution in [0.4, 0.5) is 0 Å². The molecule has 114 valence electrons. The minimum absolute atomic E-state index is 0.000990. The van der Waals surface area contributed by atoms with Gasteiger partial charge in [0, 0.05) is 10.0 Å². The molecule has 0 heterocycles. The van der Waals surface area contributed by atoms with Gasteiger partial charge in [-0.05, 0) is 36.4 Å². The first-order valence-electron chi connectivity index (χ1n) is 5.72. The molecule has 2 aromatic rings. The minimum Gasteiger partial charge on any atom is -0.241 e. The van der Waals surface area contributed by atoms with Crippen molar-refractivity contribution in [1.29, 1.82) is 0 Å². The van der Waals surface area contributed by atoms with Gasteiger partial charge in [0.1, 0.15) is 0 Å². The lowest BCUT2D eigenvalue weighted by atomic mass is 10.2. The van der Waals surface area contributed by atoms with Gasteiger partial charge in [-0.15, -0.1) is 0 Å². The molecule has 0 aliphatic heterocycles. The molecule has 0 N–H and O–H groups in total. The molecule has 0 radical (unpaired) electrons. The van der Waals surface area contributed by atoms with Crippen molar-refractivity contribution in [1.82, 2.24) is 0 Å². The molecule has 4 nitrogen and oxygen atoms in total. The third-order valence-corrected chi connectivity index (χ3v) is 3.59. The summed E-state index contributed by atoms with van der Waals surface area (Å²) in [5.41, 5.74) is 0.00198. The van der Waals surface area contributed by atoms with E-state index in [2.05, 4.69) is 9.78 Å². The van der Waals surface area contributed by atoms with E-state index in [1.165, 1.54) is 36.4 Å². The Kier molecular flexibility index (Phi) is 5.53. The molecule has 0 amide bonds. The summed E-state index contributed by atoms with van der Waals surface area (Å²) in [6.07, 6.45) is 0. The first kappa shape index (κ1) is 16.9. The van der Waals surface area contributed by atoms with Crippen LogP contribution in [0, 0.1) is 0 Å². The van der Waals surface area contributed by atoms with Crippen molar-refractivity contribution in [3.8, 4) is 0 Å². The highest BCUT2D eigenvalue weighted by Gasteiger charge is 2.18. The smallest absolute Gasteiger partial charge is 0.241 e. The van der Waals surface area contributed by atoms with E-state index in [0.29, 0.717) is 10.0 Å². The van der Waals surface area contributed by atoms with E-state index in [9.17, 15) is 9.59 Å². The summed E-state index contributed by atoms with van der Waals surface area (Å²) in [6.45, 7) is 0. The minimum atomic E-state index is -0.944. The first-order chi connectivity index (χ1) is 10.4. The molecular formula is C14H6Cl4O4. The third kappa shape index (κ3) is 4.05. The molecule has 0 aliphatic carbocycles. The van der Waals surface area contributed by atoms with E-state index in [1.54, 1.807) is 0 Å². The Labute approximate surface area is 145 Å². The van der Waals surface area contributed by atoms with Gasteiger partial charge in [-0.25, -0.2) is 19.4 Å². The molecule has 0 fully saturated rings. The van der Waals surface area contributed by atoms with Crippen LogP contribution < -0.4 is 0 Å². The van der Waals surface area contributed by atoms with Crippen LogP contribution in [0.15, 0.2) is 36.4 Å². The summed E-state index contributed by atoms with van der Waals surface area (Å²) < 4.78 is 0. The molecule has 0 saturated carbocycles. The highest BCUT2D eigenvalue weighted by atomic mass is 35.5. The monoisotopic (exact) mass is 378 g/mol. The molecule has 0 bridgehead atoms. The Balaban J connectivity index is 2.06.